The Hall–Kier alpha value is -0.120. The molecule has 0 aromatic rings. The van der Waals surface area contributed by atoms with Gasteiger partial charge < -0.3 is 16.2 Å². The van der Waals surface area contributed by atoms with Crippen molar-refractivity contribution >= 4 is 0 Å². The summed E-state index contributed by atoms with van der Waals surface area (Å²) >= 11 is 0. The Morgan fingerprint density at radius 1 is 1.36 bits per heavy atom. The molecule has 3 heteroatoms. The van der Waals surface area contributed by atoms with Crippen LogP contribution in [-0.2, 0) is 0 Å². The van der Waals surface area contributed by atoms with Crippen LogP contribution in [0.1, 0.15) is 26.2 Å². The lowest BCUT2D eigenvalue weighted by molar-refractivity contribution is 0.282. The van der Waals surface area contributed by atoms with E-state index in [1.165, 1.54) is 0 Å². The van der Waals surface area contributed by atoms with Crippen LogP contribution in [0.2, 0.25) is 0 Å². The van der Waals surface area contributed by atoms with Crippen LogP contribution in [0.25, 0.3) is 0 Å². The lowest BCUT2D eigenvalue weighted by atomic mass is 10.2. The smallest absolute Gasteiger partial charge is 0.0431 e. The fourth-order valence-electron chi connectivity index (χ4n) is 0.845. The summed E-state index contributed by atoms with van der Waals surface area (Å²) in [5.41, 5.74) is 5.41. The molecule has 0 aromatic heterocycles. The quantitative estimate of drug-likeness (QED) is 0.462. The van der Waals surface area contributed by atoms with Gasteiger partial charge >= 0.3 is 0 Å². The molecule has 0 bridgehead atoms. The van der Waals surface area contributed by atoms with Gasteiger partial charge in [0.05, 0.1) is 0 Å². The molecule has 3 nitrogen and oxygen atoms in total. The van der Waals surface area contributed by atoms with Crippen molar-refractivity contribution < 1.29 is 5.11 Å². The molecule has 11 heavy (non-hydrogen) atoms. The number of unbranched alkanes of at least 4 members (excludes halogenated alkanes) is 2. The average Bonchev–Trinajstić information content (AvgIpc) is 2.04. The second-order valence-corrected chi connectivity index (χ2v) is 2.88. The van der Waals surface area contributed by atoms with Gasteiger partial charge in [0.15, 0.2) is 0 Å². The molecule has 0 rings (SSSR count). The zero-order valence-electron chi connectivity index (χ0n) is 7.34. The van der Waals surface area contributed by atoms with Crippen LogP contribution in [0.5, 0.6) is 0 Å². The second kappa shape index (κ2) is 7.98. The Morgan fingerprint density at radius 3 is 2.64 bits per heavy atom. The van der Waals surface area contributed by atoms with E-state index >= 15 is 0 Å². The fraction of sp³-hybridized carbons (Fsp3) is 1.00. The highest BCUT2D eigenvalue weighted by molar-refractivity contribution is 4.59. The monoisotopic (exact) mass is 160 g/mol. The molecular weight excluding hydrogens is 140 g/mol. The first kappa shape index (κ1) is 10.9. The van der Waals surface area contributed by atoms with Crippen LogP contribution < -0.4 is 11.1 Å². The Labute approximate surface area is 69.0 Å². The molecule has 0 aliphatic heterocycles. The summed E-state index contributed by atoms with van der Waals surface area (Å²) in [7, 11) is 0. The van der Waals surface area contributed by atoms with E-state index in [0.29, 0.717) is 19.2 Å². The minimum atomic E-state index is 0.312. The Kier molecular flexibility index (Phi) is 7.89. The van der Waals surface area contributed by atoms with Crippen molar-refractivity contribution in [2.45, 2.75) is 32.2 Å². The van der Waals surface area contributed by atoms with Crippen molar-refractivity contribution in [1.82, 2.24) is 5.32 Å². The van der Waals surface area contributed by atoms with Gasteiger partial charge in [-0.3, -0.25) is 0 Å². The minimum absolute atomic E-state index is 0.312. The van der Waals surface area contributed by atoms with E-state index in [1.807, 2.05) is 0 Å². The first-order valence-electron chi connectivity index (χ1n) is 4.35. The topological polar surface area (TPSA) is 58.3 Å². The molecule has 4 N–H and O–H groups in total. The van der Waals surface area contributed by atoms with Gasteiger partial charge in [0, 0.05) is 19.2 Å². The molecule has 0 aromatic carbocycles. The number of aliphatic hydroxyl groups excluding tert-OH is 1. The van der Waals surface area contributed by atoms with Crippen molar-refractivity contribution in [2.24, 2.45) is 5.73 Å². The first-order valence-corrected chi connectivity index (χ1v) is 4.35. The predicted molar refractivity (Wildman–Crippen MR) is 47.5 cm³/mol. The highest BCUT2D eigenvalue weighted by atomic mass is 16.2. The maximum absolute atomic E-state index is 8.48. The Bertz CT molecular complexity index is 78.5. The third kappa shape index (κ3) is 7.78. The second-order valence-electron chi connectivity index (χ2n) is 2.88. The highest BCUT2D eigenvalue weighted by Crippen LogP contribution is 1.92. The van der Waals surface area contributed by atoms with E-state index in [0.717, 1.165) is 25.8 Å². The van der Waals surface area contributed by atoms with Crippen molar-refractivity contribution in [3.8, 4) is 0 Å². The van der Waals surface area contributed by atoms with E-state index < -0.39 is 0 Å². The summed E-state index contributed by atoms with van der Waals surface area (Å²) in [4.78, 5) is 0. The molecule has 0 amide bonds. The number of rotatable bonds is 7. The molecular formula is C8H20N2O. The molecule has 0 saturated carbocycles. The summed E-state index contributed by atoms with van der Waals surface area (Å²) in [5.74, 6) is 0. The summed E-state index contributed by atoms with van der Waals surface area (Å²) in [6.07, 6.45) is 3.14. The normalized spacial score (nSPS) is 13.4. The standard InChI is InChI=1S/C8H20N2O/c1-8(7-9)10-5-3-2-4-6-11/h8,10-11H,2-7,9H2,1H3. The van der Waals surface area contributed by atoms with Gasteiger partial charge in [-0.25, -0.2) is 0 Å². The van der Waals surface area contributed by atoms with Crippen molar-refractivity contribution in [1.29, 1.82) is 0 Å². The molecule has 1 unspecified atom stereocenters. The van der Waals surface area contributed by atoms with Gasteiger partial charge in [0.1, 0.15) is 0 Å². The van der Waals surface area contributed by atoms with Gasteiger partial charge in [-0.15, -0.1) is 0 Å². The van der Waals surface area contributed by atoms with Crippen LogP contribution in [0.3, 0.4) is 0 Å². The molecule has 0 heterocycles. The molecule has 68 valence electrons. The summed E-state index contributed by atoms with van der Waals surface area (Å²) in [5, 5.41) is 11.8. The molecule has 0 saturated heterocycles. The number of hydrogen-bond acceptors (Lipinski definition) is 3. The lowest BCUT2D eigenvalue weighted by Crippen LogP contribution is -2.33. The van der Waals surface area contributed by atoms with E-state index in [4.69, 9.17) is 10.8 Å². The number of hydrogen-bond donors (Lipinski definition) is 3. The molecule has 0 fully saturated rings. The maximum Gasteiger partial charge on any atom is 0.0431 e. The lowest BCUT2D eigenvalue weighted by Gasteiger charge is -2.09. The number of nitrogens with two attached hydrogens (primary N) is 1. The number of nitrogens with one attached hydrogen (secondary N) is 1. The zero-order chi connectivity index (χ0) is 8.53. The van der Waals surface area contributed by atoms with E-state index in [2.05, 4.69) is 12.2 Å². The Balaban J connectivity index is 2.89. The zero-order valence-corrected chi connectivity index (χ0v) is 7.34. The molecule has 0 aliphatic rings. The highest BCUT2D eigenvalue weighted by Gasteiger charge is 1.95. The van der Waals surface area contributed by atoms with E-state index in [-0.39, 0.29) is 0 Å². The summed E-state index contributed by atoms with van der Waals surface area (Å²) < 4.78 is 0. The average molecular weight is 160 g/mol. The molecule has 0 aliphatic carbocycles. The largest absolute Gasteiger partial charge is 0.396 e. The fourth-order valence-corrected chi connectivity index (χ4v) is 0.845. The summed E-state index contributed by atoms with van der Waals surface area (Å²) in [6, 6.07) is 0.420. The first-order chi connectivity index (χ1) is 5.31. The number of aliphatic hydroxyl groups is 1. The van der Waals surface area contributed by atoms with Crippen molar-refractivity contribution in [2.75, 3.05) is 19.7 Å². The van der Waals surface area contributed by atoms with Crippen LogP contribution in [0.4, 0.5) is 0 Å². The SMILES string of the molecule is CC(CN)NCCCCCO. The molecule has 1 atom stereocenters. The minimum Gasteiger partial charge on any atom is -0.396 e. The predicted octanol–water partition coefficient (Wildman–Crippen LogP) is 0.0858. The van der Waals surface area contributed by atoms with Gasteiger partial charge in [-0.05, 0) is 32.7 Å². The third-order valence-corrected chi connectivity index (χ3v) is 1.68. The van der Waals surface area contributed by atoms with Crippen LogP contribution in [0, 0.1) is 0 Å². The Morgan fingerprint density at radius 2 is 2.09 bits per heavy atom. The van der Waals surface area contributed by atoms with Crippen molar-refractivity contribution in [3.63, 3.8) is 0 Å². The van der Waals surface area contributed by atoms with E-state index in [9.17, 15) is 0 Å². The summed E-state index contributed by atoms with van der Waals surface area (Å²) in [6.45, 7) is 4.09. The van der Waals surface area contributed by atoms with Gasteiger partial charge in [-0.2, -0.15) is 0 Å². The van der Waals surface area contributed by atoms with Crippen LogP contribution in [0.15, 0.2) is 0 Å². The molecule has 0 spiro atoms. The third-order valence-electron chi connectivity index (χ3n) is 1.68. The van der Waals surface area contributed by atoms with E-state index in [1.54, 1.807) is 0 Å². The van der Waals surface area contributed by atoms with Gasteiger partial charge in [0.2, 0.25) is 0 Å². The molecule has 0 radical (unpaired) electrons. The van der Waals surface area contributed by atoms with Gasteiger partial charge in [-0.1, -0.05) is 0 Å². The van der Waals surface area contributed by atoms with Gasteiger partial charge in [0.25, 0.3) is 0 Å². The maximum atomic E-state index is 8.48. The van der Waals surface area contributed by atoms with Crippen LogP contribution in [-0.4, -0.2) is 30.8 Å². The van der Waals surface area contributed by atoms with Crippen LogP contribution >= 0.6 is 0 Å². The van der Waals surface area contributed by atoms with Crippen molar-refractivity contribution in [3.05, 3.63) is 0 Å².